The van der Waals surface area contributed by atoms with Crippen LogP contribution in [0.2, 0.25) is 0 Å². The van der Waals surface area contributed by atoms with Gasteiger partial charge in [0.05, 0.1) is 21.7 Å². The maximum Gasteiger partial charge on any atom is 0.276 e. The van der Waals surface area contributed by atoms with Crippen LogP contribution in [-0.2, 0) is 4.79 Å². The summed E-state index contributed by atoms with van der Waals surface area (Å²) in [6.07, 6.45) is 3.19. The molecular weight excluding hydrogens is 294 g/mol. The topological polar surface area (TPSA) is 65.5 Å². The Kier molecular flexibility index (Phi) is 3.37. The number of aliphatic hydroxyl groups excluding tert-OH is 1. The van der Waals surface area contributed by atoms with Gasteiger partial charge in [0.25, 0.3) is 5.91 Å². The van der Waals surface area contributed by atoms with Crippen molar-refractivity contribution >= 4 is 40.6 Å². The van der Waals surface area contributed by atoms with Crippen molar-refractivity contribution in [3.8, 4) is 0 Å². The predicted octanol–water partition coefficient (Wildman–Crippen LogP) is 2.96. The summed E-state index contributed by atoms with van der Waals surface area (Å²) in [5.74, 6) is -0.345. The van der Waals surface area contributed by atoms with E-state index in [2.05, 4.69) is 10.3 Å². The second-order valence-electron chi connectivity index (χ2n) is 4.10. The van der Waals surface area contributed by atoms with E-state index < -0.39 is 0 Å². The number of nitrogens with one attached hydrogen (secondary N) is 1. The van der Waals surface area contributed by atoms with E-state index in [0.717, 1.165) is 9.77 Å². The SMILES string of the molecule is CN1Sc2ccsc2C(O)=C1C(=O)Nc1cccnc1. The van der Waals surface area contributed by atoms with Gasteiger partial charge in [-0.1, -0.05) is 0 Å². The van der Waals surface area contributed by atoms with Crippen molar-refractivity contribution in [1.29, 1.82) is 0 Å². The average Bonchev–Trinajstić information content (AvgIpc) is 2.88. The highest BCUT2D eigenvalue weighted by Gasteiger charge is 2.29. The molecule has 3 rings (SSSR count). The number of aromatic nitrogens is 1. The number of aliphatic hydroxyl groups is 1. The molecule has 0 unspecified atom stereocenters. The highest BCUT2D eigenvalue weighted by molar-refractivity contribution is 7.97. The smallest absolute Gasteiger partial charge is 0.276 e. The Balaban J connectivity index is 1.93. The van der Waals surface area contributed by atoms with Crippen LogP contribution < -0.4 is 5.32 Å². The maximum absolute atomic E-state index is 12.3. The lowest BCUT2D eigenvalue weighted by Crippen LogP contribution is -2.27. The third kappa shape index (κ3) is 2.25. The number of carbonyl (C=O) groups is 1. The number of rotatable bonds is 2. The minimum absolute atomic E-state index is 0.0117. The average molecular weight is 305 g/mol. The molecule has 0 bridgehead atoms. The molecule has 2 N–H and O–H groups in total. The highest BCUT2D eigenvalue weighted by Crippen LogP contribution is 2.41. The number of anilines is 1. The number of thiophene rings is 1. The van der Waals surface area contributed by atoms with Crippen molar-refractivity contribution in [3.63, 3.8) is 0 Å². The Labute approximate surface area is 124 Å². The molecule has 2 aromatic rings. The minimum atomic E-state index is -0.357. The van der Waals surface area contributed by atoms with Crippen molar-refractivity contribution in [2.45, 2.75) is 4.90 Å². The summed E-state index contributed by atoms with van der Waals surface area (Å²) in [6, 6.07) is 5.41. The van der Waals surface area contributed by atoms with Gasteiger partial charge in [0.15, 0.2) is 11.5 Å². The molecule has 1 aliphatic rings. The Bertz CT molecular complexity index is 682. The van der Waals surface area contributed by atoms with E-state index in [1.54, 1.807) is 35.9 Å². The molecule has 0 radical (unpaired) electrons. The fourth-order valence-corrected chi connectivity index (χ4v) is 3.81. The third-order valence-corrected chi connectivity index (χ3v) is 4.80. The molecule has 0 aliphatic carbocycles. The lowest BCUT2D eigenvalue weighted by Gasteiger charge is -2.25. The summed E-state index contributed by atoms with van der Waals surface area (Å²) >= 11 is 2.83. The summed E-state index contributed by atoms with van der Waals surface area (Å²) in [5.41, 5.74) is 0.835. The van der Waals surface area contributed by atoms with Gasteiger partial charge in [-0.05, 0) is 35.5 Å². The second-order valence-corrected chi connectivity index (χ2v) is 6.18. The molecule has 1 amide bonds. The zero-order valence-electron chi connectivity index (χ0n) is 10.5. The molecule has 2 aromatic heterocycles. The minimum Gasteiger partial charge on any atom is -0.504 e. The molecular formula is C13H11N3O2S2. The van der Waals surface area contributed by atoms with E-state index in [1.165, 1.54) is 23.3 Å². The van der Waals surface area contributed by atoms with Crippen molar-refractivity contribution < 1.29 is 9.90 Å². The zero-order valence-corrected chi connectivity index (χ0v) is 12.2. The van der Waals surface area contributed by atoms with Crippen LogP contribution >= 0.6 is 23.3 Å². The molecule has 5 nitrogen and oxygen atoms in total. The quantitative estimate of drug-likeness (QED) is 0.835. The third-order valence-electron chi connectivity index (χ3n) is 2.75. The van der Waals surface area contributed by atoms with E-state index >= 15 is 0 Å². The highest BCUT2D eigenvalue weighted by atomic mass is 32.2. The number of hydrogen-bond acceptors (Lipinski definition) is 6. The van der Waals surface area contributed by atoms with Crippen LogP contribution in [0.5, 0.6) is 0 Å². The first-order chi connectivity index (χ1) is 9.66. The van der Waals surface area contributed by atoms with Gasteiger partial charge in [-0.2, -0.15) is 0 Å². The van der Waals surface area contributed by atoms with Gasteiger partial charge in [-0.25, -0.2) is 0 Å². The Morgan fingerprint density at radius 3 is 3.05 bits per heavy atom. The van der Waals surface area contributed by atoms with Crippen molar-refractivity contribution in [3.05, 3.63) is 46.5 Å². The molecule has 102 valence electrons. The monoisotopic (exact) mass is 305 g/mol. The first kappa shape index (κ1) is 13.0. The molecule has 7 heteroatoms. The van der Waals surface area contributed by atoms with E-state index in [1.807, 2.05) is 11.4 Å². The van der Waals surface area contributed by atoms with E-state index in [0.29, 0.717) is 5.69 Å². The Hall–Kier alpha value is -1.99. The van der Waals surface area contributed by atoms with Crippen LogP contribution in [0.4, 0.5) is 5.69 Å². The summed E-state index contributed by atoms with van der Waals surface area (Å²) < 4.78 is 1.66. The van der Waals surface area contributed by atoms with Crippen LogP contribution in [0.1, 0.15) is 4.88 Å². The van der Waals surface area contributed by atoms with Gasteiger partial charge in [0.2, 0.25) is 0 Å². The zero-order chi connectivity index (χ0) is 14.1. The van der Waals surface area contributed by atoms with E-state index in [9.17, 15) is 9.90 Å². The lowest BCUT2D eigenvalue weighted by atomic mass is 10.2. The summed E-state index contributed by atoms with van der Waals surface area (Å²) in [4.78, 5) is 17.9. The number of pyridine rings is 1. The van der Waals surface area contributed by atoms with Crippen LogP contribution in [-0.4, -0.2) is 27.4 Å². The van der Waals surface area contributed by atoms with Crippen molar-refractivity contribution in [1.82, 2.24) is 9.29 Å². The molecule has 0 saturated carbocycles. The van der Waals surface area contributed by atoms with Gasteiger partial charge in [0.1, 0.15) is 0 Å². The van der Waals surface area contributed by atoms with Crippen LogP contribution in [0.3, 0.4) is 0 Å². The fourth-order valence-electron chi connectivity index (χ4n) is 1.87. The molecule has 0 fully saturated rings. The number of amides is 1. The lowest BCUT2D eigenvalue weighted by molar-refractivity contribution is -0.113. The van der Waals surface area contributed by atoms with Crippen LogP contribution in [0.25, 0.3) is 5.76 Å². The van der Waals surface area contributed by atoms with Gasteiger partial charge in [-0.3, -0.25) is 9.78 Å². The molecule has 0 spiro atoms. The molecule has 0 saturated heterocycles. The first-order valence-corrected chi connectivity index (χ1v) is 7.46. The summed E-state index contributed by atoms with van der Waals surface area (Å²) in [5, 5.41) is 14.9. The Morgan fingerprint density at radius 2 is 2.30 bits per heavy atom. The summed E-state index contributed by atoms with van der Waals surface area (Å²) in [7, 11) is 1.75. The van der Waals surface area contributed by atoms with Crippen molar-refractivity contribution in [2.75, 3.05) is 12.4 Å². The van der Waals surface area contributed by atoms with Gasteiger partial charge >= 0.3 is 0 Å². The van der Waals surface area contributed by atoms with E-state index in [-0.39, 0.29) is 17.4 Å². The standard InChI is InChI=1S/C13H11N3O2S2/c1-16-10(11(17)12-9(20-16)4-6-19-12)13(18)15-8-3-2-5-14-7-8/h2-7,17H,1H3,(H,15,18). The summed E-state index contributed by atoms with van der Waals surface area (Å²) in [6.45, 7) is 0. The normalized spacial score (nSPS) is 14.2. The van der Waals surface area contributed by atoms with Gasteiger partial charge < -0.3 is 14.7 Å². The molecule has 0 atom stereocenters. The predicted molar refractivity (Wildman–Crippen MR) is 80.4 cm³/mol. The maximum atomic E-state index is 12.3. The first-order valence-electron chi connectivity index (χ1n) is 5.81. The van der Waals surface area contributed by atoms with Crippen molar-refractivity contribution in [2.24, 2.45) is 0 Å². The fraction of sp³-hybridized carbons (Fsp3) is 0.0769. The number of nitrogens with zero attached hydrogens (tertiary/aromatic N) is 2. The number of likely N-dealkylation sites (N-methyl/N-ethyl adjacent to an activating group) is 1. The van der Waals surface area contributed by atoms with Gasteiger partial charge in [-0.15, -0.1) is 11.3 Å². The Morgan fingerprint density at radius 1 is 1.45 bits per heavy atom. The molecule has 1 aliphatic heterocycles. The van der Waals surface area contributed by atoms with Crippen LogP contribution in [0, 0.1) is 0 Å². The second kappa shape index (κ2) is 5.18. The number of fused-ring (bicyclic) bond motifs is 1. The van der Waals surface area contributed by atoms with Gasteiger partial charge in [0, 0.05) is 13.2 Å². The number of hydrogen-bond donors (Lipinski definition) is 2. The molecule has 20 heavy (non-hydrogen) atoms. The number of carbonyl (C=O) groups excluding carboxylic acids is 1. The molecule has 0 aromatic carbocycles. The van der Waals surface area contributed by atoms with E-state index in [4.69, 9.17) is 0 Å². The van der Waals surface area contributed by atoms with Crippen LogP contribution in [0.15, 0.2) is 46.6 Å². The largest absolute Gasteiger partial charge is 0.504 e. The molecule has 3 heterocycles.